The number of hydrogen-bond acceptors (Lipinski definition) is 4. The highest BCUT2D eigenvalue weighted by Crippen LogP contribution is 2.28. The van der Waals surface area contributed by atoms with Crippen molar-refractivity contribution in [1.82, 2.24) is 4.72 Å². The quantitative estimate of drug-likeness (QED) is 0.814. The second kappa shape index (κ2) is 7.78. The molecule has 0 amide bonds. The number of nitrogens with one attached hydrogen (secondary N) is 1. The van der Waals surface area contributed by atoms with Crippen LogP contribution in [0, 0.1) is 0 Å². The molecule has 1 fully saturated rings. The van der Waals surface area contributed by atoms with Gasteiger partial charge >= 0.3 is 0 Å². The van der Waals surface area contributed by atoms with Crippen molar-refractivity contribution in [3.63, 3.8) is 0 Å². The number of methoxy groups -OCH3 is 1. The van der Waals surface area contributed by atoms with Crippen LogP contribution in [0.5, 0.6) is 5.75 Å². The molecule has 0 unspecified atom stereocenters. The Morgan fingerprint density at radius 3 is 2.48 bits per heavy atom. The fraction of sp³-hybridized carbons (Fsp3) is 0.538. The molecule has 0 saturated heterocycles. The summed E-state index contributed by atoms with van der Waals surface area (Å²) in [5, 5.41) is 0. The van der Waals surface area contributed by atoms with Crippen LogP contribution in [0.1, 0.15) is 25.7 Å². The van der Waals surface area contributed by atoms with Crippen molar-refractivity contribution < 1.29 is 13.2 Å². The highest BCUT2D eigenvalue weighted by Gasteiger charge is 2.24. The molecule has 1 aromatic carbocycles. The predicted molar refractivity (Wildman–Crippen MR) is 88.5 cm³/mol. The molecule has 1 aliphatic carbocycles. The Morgan fingerprint density at radius 1 is 1.29 bits per heavy atom. The molecule has 1 saturated carbocycles. The van der Waals surface area contributed by atoms with Gasteiger partial charge in [0, 0.05) is 18.2 Å². The van der Waals surface area contributed by atoms with Crippen LogP contribution in [-0.4, -0.2) is 27.6 Å². The molecule has 2 rings (SSSR count). The lowest BCUT2D eigenvalue weighted by Gasteiger charge is -2.26. The summed E-state index contributed by atoms with van der Waals surface area (Å²) in [7, 11) is -2.01. The highest BCUT2D eigenvalue weighted by atomic mass is 79.9. The number of benzene rings is 1. The maximum atomic E-state index is 12.3. The molecular formula is C13H20BrClN2O3S. The summed E-state index contributed by atoms with van der Waals surface area (Å²) in [6.45, 7) is 0. The van der Waals surface area contributed by atoms with E-state index in [0.717, 1.165) is 30.2 Å². The van der Waals surface area contributed by atoms with Crippen molar-refractivity contribution in [1.29, 1.82) is 0 Å². The maximum absolute atomic E-state index is 12.3. The molecule has 3 N–H and O–H groups in total. The molecule has 0 bridgehead atoms. The standard InChI is InChI=1S/C13H19BrN2O3S.ClH/c1-19-13-8-11(6-7-12(13)14)20(17,18)16-10-4-2-9(15)3-5-10;/h6-10,16H,2-5,15H2,1H3;1H. The molecule has 0 aliphatic heterocycles. The van der Waals surface area contributed by atoms with Gasteiger partial charge in [0.2, 0.25) is 10.0 Å². The van der Waals surface area contributed by atoms with E-state index in [4.69, 9.17) is 10.5 Å². The van der Waals surface area contributed by atoms with E-state index in [9.17, 15) is 8.42 Å². The Hall–Kier alpha value is -0.340. The number of nitrogens with two attached hydrogens (primary N) is 1. The number of sulfonamides is 1. The van der Waals surface area contributed by atoms with E-state index >= 15 is 0 Å². The summed E-state index contributed by atoms with van der Waals surface area (Å²) in [5.74, 6) is 0.499. The second-order valence-corrected chi connectivity index (χ2v) is 7.60. The molecule has 21 heavy (non-hydrogen) atoms. The number of halogens is 2. The third kappa shape index (κ3) is 4.82. The van der Waals surface area contributed by atoms with Gasteiger partial charge in [-0.15, -0.1) is 12.4 Å². The molecule has 1 aliphatic rings. The molecule has 0 spiro atoms. The fourth-order valence-corrected chi connectivity index (χ4v) is 4.06. The third-order valence-electron chi connectivity index (χ3n) is 3.53. The van der Waals surface area contributed by atoms with E-state index in [1.54, 1.807) is 12.1 Å². The van der Waals surface area contributed by atoms with Crippen molar-refractivity contribution >= 4 is 38.4 Å². The van der Waals surface area contributed by atoms with Gasteiger partial charge in [-0.2, -0.15) is 0 Å². The molecule has 0 heterocycles. The van der Waals surface area contributed by atoms with E-state index in [0.29, 0.717) is 5.75 Å². The monoisotopic (exact) mass is 398 g/mol. The SMILES string of the molecule is COc1cc(S(=O)(=O)NC2CCC(N)CC2)ccc1Br.Cl. The van der Waals surface area contributed by atoms with Crippen molar-refractivity contribution in [2.24, 2.45) is 5.73 Å². The molecule has 8 heteroatoms. The molecule has 0 aromatic heterocycles. The zero-order chi connectivity index (χ0) is 14.8. The van der Waals surface area contributed by atoms with Crippen LogP contribution >= 0.6 is 28.3 Å². The number of hydrogen-bond donors (Lipinski definition) is 2. The van der Waals surface area contributed by atoms with E-state index < -0.39 is 10.0 Å². The van der Waals surface area contributed by atoms with Gasteiger partial charge in [-0.1, -0.05) is 0 Å². The Morgan fingerprint density at radius 2 is 1.90 bits per heavy atom. The number of ether oxygens (including phenoxy) is 1. The van der Waals surface area contributed by atoms with Gasteiger partial charge in [0.25, 0.3) is 0 Å². The highest BCUT2D eigenvalue weighted by molar-refractivity contribution is 9.10. The third-order valence-corrected chi connectivity index (χ3v) is 5.70. The van der Waals surface area contributed by atoms with E-state index in [1.807, 2.05) is 0 Å². The van der Waals surface area contributed by atoms with Crippen LogP contribution in [0.25, 0.3) is 0 Å². The molecule has 0 radical (unpaired) electrons. The van der Waals surface area contributed by atoms with Gasteiger partial charge in [-0.05, 0) is 53.7 Å². The summed E-state index contributed by atoms with van der Waals surface area (Å²) in [4.78, 5) is 0.215. The Balaban J connectivity index is 0.00000220. The molecule has 120 valence electrons. The number of rotatable bonds is 4. The average molecular weight is 400 g/mol. The normalized spacial score (nSPS) is 22.4. The van der Waals surface area contributed by atoms with E-state index in [-0.39, 0.29) is 29.4 Å². The molecule has 5 nitrogen and oxygen atoms in total. The largest absolute Gasteiger partial charge is 0.496 e. The van der Waals surface area contributed by atoms with Crippen LogP contribution in [0.3, 0.4) is 0 Å². The summed E-state index contributed by atoms with van der Waals surface area (Å²) in [5.41, 5.74) is 5.83. The van der Waals surface area contributed by atoms with Gasteiger partial charge in [-0.3, -0.25) is 0 Å². The minimum atomic E-state index is -3.52. The first-order valence-corrected chi connectivity index (χ1v) is 8.81. The molecule has 1 aromatic rings. The van der Waals surface area contributed by atoms with Crippen LogP contribution in [0.4, 0.5) is 0 Å². The van der Waals surface area contributed by atoms with Crippen molar-refractivity contribution in [2.45, 2.75) is 42.7 Å². The van der Waals surface area contributed by atoms with Crippen molar-refractivity contribution in [2.75, 3.05) is 7.11 Å². The summed E-state index contributed by atoms with van der Waals surface area (Å²) in [6, 6.07) is 4.91. The first-order valence-electron chi connectivity index (χ1n) is 6.54. The van der Waals surface area contributed by atoms with Crippen molar-refractivity contribution in [3.05, 3.63) is 22.7 Å². The van der Waals surface area contributed by atoms with Crippen LogP contribution in [0.15, 0.2) is 27.6 Å². The lowest BCUT2D eigenvalue weighted by Crippen LogP contribution is -2.40. The van der Waals surface area contributed by atoms with Gasteiger partial charge in [0.05, 0.1) is 16.5 Å². The Kier molecular flexibility index (Phi) is 6.93. The van der Waals surface area contributed by atoms with Gasteiger partial charge < -0.3 is 10.5 Å². The maximum Gasteiger partial charge on any atom is 0.240 e. The zero-order valence-corrected chi connectivity index (χ0v) is 14.9. The first-order chi connectivity index (χ1) is 9.42. The summed E-state index contributed by atoms with van der Waals surface area (Å²) < 4.78 is 33.3. The van der Waals surface area contributed by atoms with E-state index in [2.05, 4.69) is 20.7 Å². The second-order valence-electron chi connectivity index (χ2n) is 5.03. The van der Waals surface area contributed by atoms with E-state index in [1.165, 1.54) is 13.2 Å². The van der Waals surface area contributed by atoms with Crippen LogP contribution in [0.2, 0.25) is 0 Å². The van der Waals surface area contributed by atoms with Gasteiger partial charge in [0.1, 0.15) is 5.75 Å². The minimum absolute atomic E-state index is 0. The summed E-state index contributed by atoms with van der Waals surface area (Å²) in [6.07, 6.45) is 3.29. The average Bonchev–Trinajstić information content (AvgIpc) is 2.41. The zero-order valence-electron chi connectivity index (χ0n) is 11.7. The minimum Gasteiger partial charge on any atom is -0.496 e. The lowest BCUT2D eigenvalue weighted by atomic mass is 9.93. The Labute approximate surface area is 140 Å². The van der Waals surface area contributed by atoms with Crippen LogP contribution in [-0.2, 0) is 10.0 Å². The van der Waals surface area contributed by atoms with Crippen LogP contribution < -0.4 is 15.2 Å². The first kappa shape index (κ1) is 18.7. The smallest absolute Gasteiger partial charge is 0.240 e. The molecular weight excluding hydrogens is 380 g/mol. The predicted octanol–water partition coefficient (Wildman–Crippen LogP) is 2.43. The summed E-state index contributed by atoms with van der Waals surface area (Å²) >= 11 is 3.31. The molecule has 0 atom stereocenters. The van der Waals surface area contributed by atoms with Crippen molar-refractivity contribution in [3.8, 4) is 5.75 Å². The Bertz CT molecular complexity index is 575. The topological polar surface area (TPSA) is 81.4 Å². The van der Waals surface area contributed by atoms with Gasteiger partial charge in [0.15, 0.2) is 0 Å². The van der Waals surface area contributed by atoms with Gasteiger partial charge in [-0.25, -0.2) is 13.1 Å². The fourth-order valence-electron chi connectivity index (χ4n) is 2.33. The lowest BCUT2D eigenvalue weighted by molar-refractivity contribution is 0.373.